The first kappa shape index (κ1) is 34.9. The molecule has 3 atom stereocenters. The Hall–Kier alpha value is -3.10. The predicted octanol–water partition coefficient (Wildman–Crippen LogP) is -0.212. The van der Waals surface area contributed by atoms with E-state index in [4.69, 9.17) is 14.6 Å². The van der Waals surface area contributed by atoms with Crippen molar-refractivity contribution in [3.63, 3.8) is 0 Å². The smallest absolute Gasteiger partial charge is 0.326 e. The summed E-state index contributed by atoms with van der Waals surface area (Å²) in [6, 6.07) is -2.00. The lowest BCUT2D eigenvalue weighted by Crippen LogP contribution is -2.42. The topological polar surface area (TPSA) is 218 Å². The van der Waals surface area contributed by atoms with Gasteiger partial charge in [0.25, 0.3) is 0 Å². The van der Waals surface area contributed by atoms with Gasteiger partial charge in [-0.1, -0.05) is 0 Å². The van der Waals surface area contributed by atoms with Crippen molar-refractivity contribution in [3.8, 4) is 0 Å². The fourth-order valence-electron chi connectivity index (χ4n) is 3.40. The van der Waals surface area contributed by atoms with Crippen molar-refractivity contribution in [2.24, 2.45) is 5.92 Å². The molecule has 6 N–H and O–H groups in total. The van der Waals surface area contributed by atoms with Crippen molar-refractivity contribution < 1.29 is 53.6 Å². The summed E-state index contributed by atoms with van der Waals surface area (Å²) in [5.41, 5.74) is 0. The number of carbonyl (C=O) groups excluding carboxylic acids is 3. The Morgan fingerprint density at radius 1 is 0.763 bits per heavy atom. The van der Waals surface area contributed by atoms with Crippen LogP contribution < -0.4 is 16.0 Å². The van der Waals surface area contributed by atoms with Gasteiger partial charge in [-0.15, -0.1) is 0 Å². The Bertz CT molecular complexity index is 776. The highest BCUT2D eigenvalue weighted by Gasteiger charge is 2.25. The first-order valence-corrected chi connectivity index (χ1v) is 12.6. The van der Waals surface area contributed by atoms with Crippen LogP contribution in [-0.4, -0.2) is 103 Å². The molecule has 0 aromatic heterocycles. The fraction of sp³-hybridized carbons (Fsp3) is 0.750. The number of hydrogen-bond donors (Lipinski definition) is 6. The van der Waals surface area contributed by atoms with E-state index in [1.807, 2.05) is 0 Å². The van der Waals surface area contributed by atoms with Crippen LogP contribution in [0.2, 0.25) is 0 Å². The summed E-state index contributed by atoms with van der Waals surface area (Å²) < 4.78 is 10.1. The lowest BCUT2D eigenvalue weighted by Gasteiger charge is -2.15. The summed E-state index contributed by atoms with van der Waals surface area (Å²) in [6.45, 7) is 2.70. The van der Waals surface area contributed by atoms with Crippen LogP contribution in [0.3, 0.4) is 0 Å². The number of ether oxygens (including phenoxy) is 2. The number of carboxylic acid groups (broad SMARTS) is 3. The maximum absolute atomic E-state index is 12.3. The zero-order chi connectivity index (χ0) is 28.9. The molecule has 0 radical (unpaired) electrons. The number of nitrogens with one attached hydrogen (secondary N) is 3. The molecule has 38 heavy (non-hydrogen) atoms. The first-order valence-electron chi connectivity index (χ1n) is 12.6. The van der Waals surface area contributed by atoms with Crippen molar-refractivity contribution >= 4 is 35.5 Å². The fourth-order valence-corrected chi connectivity index (χ4v) is 3.40. The molecule has 0 spiro atoms. The number of ketones is 1. The summed E-state index contributed by atoms with van der Waals surface area (Å²) in [6.07, 6.45) is 0.483. The largest absolute Gasteiger partial charge is 0.481 e. The molecule has 0 aliphatic rings. The number of hydrogen-bond acceptors (Lipinski definition) is 9. The molecule has 0 aromatic carbocycles. The van der Waals surface area contributed by atoms with Gasteiger partial charge < -0.3 is 40.7 Å². The maximum atomic E-state index is 12.3. The van der Waals surface area contributed by atoms with E-state index in [-0.39, 0.29) is 51.2 Å². The third-order valence-electron chi connectivity index (χ3n) is 5.59. The molecule has 0 saturated carbocycles. The van der Waals surface area contributed by atoms with E-state index in [1.165, 1.54) is 0 Å². The lowest BCUT2D eigenvalue weighted by molar-refractivity contribution is -0.145. The van der Waals surface area contributed by atoms with Gasteiger partial charge in [0.15, 0.2) is 0 Å². The van der Waals surface area contributed by atoms with E-state index >= 15 is 0 Å². The average Bonchev–Trinajstić information content (AvgIpc) is 2.85. The van der Waals surface area contributed by atoms with Gasteiger partial charge >= 0.3 is 17.9 Å². The molecule has 0 saturated heterocycles. The highest BCUT2D eigenvalue weighted by Crippen LogP contribution is 2.15. The lowest BCUT2D eigenvalue weighted by atomic mass is 9.94. The van der Waals surface area contributed by atoms with Gasteiger partial charge in [-0.3, -0.25) is 24.0 Å². The zero-order valence-corrected chi connectivity index (χ0v) is 22.0. The normalized spacial score (nSPS) is 13.2. The quantitative estimate of drug-likeness (QED) is 0.0865. The van der Waals surface area contributed by atoms with Crippen LogP contribution in [0.15, 0.2) is 0 Å². The van der Waals surface area contributed by atoms with E-state index in [1.54, 1.807) is 14.0 Å². The average molecular weight is 548 g/mol. The molecule has 0 aliphatic heterocycles. The molecule has 218 valence electrons. The second-order valence-electron chi connectivity index (χ2n) is 8.59. The summed E-state index contributed by atoms with van der Waals surface area (Å²) in [4.78, 5) is 70.1. The number of Topliss-reactive ketones (excluding diaryl/α,β-unsaturated/α-hetero) is 1. The SMILES string of the molecule is CCOCCOCC(=O)N[C@@H](CCC(=O)C[C@@H](CCC(=O)NCCCC[C@H](NC)C(=O)O)C(=O)O)C(=O)O. The van der Waals surface area contributed by atoms with Crippen LogP contribution in [-0.2, 0) is 38.2 Å². The van der Waals surface area contributed by atoms with Crippen LogP contribution in [0.5, 0.6) is 0 Å². The summed E-state index contributed by atoms with van der Waals surface area (Å²) in [7, 11) is 1.55. The number of amides is 2. The Morgan fingerprint density at radius 3 is 2.00 bits per heavy atom. The van der Waals surface area contributed by atoms with E-state index in [0.29, 0.717) is 39.0 Å². The van der Waals surface area contributed by atoms with Crippen molar-refractivity contribution in [2.45, 2.75) is 70.4 Å². The van der Waals surface area contributed by atoms with E-state index in [9.17, 15) is 39.0 Å². The van der Waals surface area contributed by atoms with Gasteiger partial charge in [0, 0.05) is 32.4 Å². The van der Waals surface area contributed by atoms with Crippen molar-refractivity contribution in [1.82, 2.24) is 16.0 Å². The van der Waals surface area contributed by atoms with Crippen LogP contribution in [0.25, 0.3) is 0 Å². The van der Waals surface area contributed by atoms with Crippen LogP contribution in [0.1, 0.15) is 58.3 Å². The Kier molecular flexibility index (Phi) is 19.2. The number of aliphatic carboxylic acids is 3. The van der Waals surface area contributed by atoms with Crippen LogP contribution >= 0.6 is 0 Å². The highest BCUT2D eigenvalue weighted by molar-refractivity contribution is 5.87. The molecule has 0 bridgehead atoms. The summed E-state index contributed by atoms with van der Waals surface area (Å²) in [5, 5.41) is 35.3. The molecule has 0 rings (SSSR count). The highest BCUT2D eigenvalue weighted by atomic mass is 16.5. The van der Waals surface area contributed by atoms with Crippen LogP contribution in [0.4, 0.5) is 0 Å². The van der Waals surface area contributed by atoms with Crippen molar-refractivity contribution in [2.75, 3.05) is 40.0 Å². The Morgan fingerprint density at radius 2 is 1.42 bits per heavy atom. The molecule has 0 aromatic rings. The molecule has 2 amide bonds. The van der Waals surface area contributed by atoms with Crippen LogP contribution in [0, 0.1) is 5.92 Å². The minimum absolute atomic E-state index is 0.0775. The molecule has 14 heteroatoms. The standard InChI is InChI=1S/C24H41N3O11/c1-3-37-12-13-38-15-21(30)27-19(24(35)36)9-8-17(28)14-16(22(31)32)7-10-20(29)26-11-5-4-6-18(25-2)23(33)34/h16,18-19,25H,3-15H2,1-2H3,(H,26,29)(H,27,30)(H,31,32)(H,33,34)(H,35,36)/t16-,18+,19+/m1/s1. The molecule has 0 aliphatic carbocycles. The number of unbranched alkanes of at least 4 members (excludes halogenated alkanes) is 1. The number of carboxylic acids is 3. The van der Waals surface area contributed by atoms with Gasteiger partial charge in [-0.05, 0) is 46.1 Å². The van der Waals surface area contributed by atoms with Crippen molar-refractivity contribution in [1.29, 1.82) is 0 Å². The number of likely N-dealkylation sites (N-methyl/N-ethyl adjacent to an activating group) is 1. The Labute approximate surface area is 221 Å². The third kappa shape index (κ3) is 17.4. The second-order valence-corrected chi connectivity index (χ2v) is 8.59. The minimum Gasteiger partial charge on any atom is -0.481 e. The van der Waals surface area contributed by atoms with Gasteiger partial charge in [0.2, 0.25) is 11.8 Å². The van der Waals surface area contributed by atoms with Crippen molar-refractivity contribution in [3.05, 3.63) is 0 Å². The molecular weight excluding hydrogens is 506 g/mol. The van der Waals surface area contributed by atoms with E-state index < -0.39 is 47.6 Å². The molecular formula is C24H41N3O11. The monoisotopic (exact) mass is 547 g/mol. The summed E-state index contributed by atoms with van der Waals surface area (Å²) >= 11 is 0. The molecule has 14 nitrogen and oxygen atoms in total. The Balaban J connectivity index is 4.40. The molecule has 0 heterocycles. The zero-order valence-electron chi connectivity index (χ0n) is 22.0. The van der Waals surface area contributed by atoms with Gasteiger partial charge in [0.05, 0.1) is 19.1 Å². The van der Waals surface area contributed by atoms with E-state index in [2.05, 4.69) is 16.0 Å². The maximum Gasteiger partial charge on any atom is 0.326 e. The number of rotatable bonds is 24. The first-order chi connectivity index (χ1) is 18.0. The van der Waals surface area contributed by atoms with Gasteiger partial charge in [-0.25, -0.2) is 4.79 Å². The molecule has 0 unspecified atom stereocenters. The minimum atomic E-state index is -1.34. The second kappa shape index (κ2) is 20.9. The summed E-state index contributed by atoms with van der Waals surface area (Å²) in [5.74, 6) is -6.20. The van der Waals surface area contributed by atoms with Gasteiger partial charge in [0.1, 0.15) is 24.5 Å². The third-order valence-corrected chi connectivity index (χ3v) is 5.59. The van der Waals surface area contributed by atoms with Gasteiger partial charge in [-0.2, -0.15) is 0 Å². The number of carbonyl (C=O) groups is 6. The predicted molar refractivity (Wildman–Crippen MR) is 133 cm³/mol. The van der Waals surface area contributed by atoms with E-state index in [0.717, 1.165) is 0 Å². The molecule has 0 fully saturated rings.